The van der Waals surface area contributed by atoms with Crippen LogP contribution in [0.5, 0.6) is 0 Å². The van der Waals surface area contributed by atoms with E-state index in [1.54, 1.807) is 0 Å². The van der Waals surface area contributed by atoms with Gasteiger partial charge in [-0.15, -0.1) is 24.0 Å². The largest absolute Gasteiger partial charge is 0.357 e. The van der Waals surface area contributed by atoms with Crippen LogP contribution >= 0.6 is 24.0 Å². The molecule has 2 fully saturated rings. The molecule has 7 heteroatoms. The first kappa shape index (κ1) is 20.5. The quantitative estimate of drug-likeness (QED) is 0.332. The van der Waals surface area contributed by atoms with Crippen LogP contribution < -0.4 is 16.0 Å². The Kier molecular flexibility index (Phi) is 8.60. The number of hydrogen-bond acceptors (Lipinski definition) is 3. The smallest absolute Gasteiger partial charge is 0.242 e. The van der Waals surface area contributed by atoms with Gasteiger partial charge >= 0.3 is 0 Å². The Balaban J connectivity index is 0.00000264. The zero-order valence-electron chi connectivity index (χ0n) is 14.8. The molecule has 2 unspecified atom stereocenters. The van der Waals surface area contributed by atoms with Crippen molar-refractivity contribution in [2.24, 2.45) is 10.9 Å². The lowest BCUT2D eigenvalue weighted by Crippen LogP contribution is -2.47. The third-order valence-corrected chi connectivity index (χ3v) is 4.36. The van der Waals surface area contributed by atoms with Gasteiger partial charge in [0.1, 0.15) is 6.54 Å². The minimum Gasteiger partial charge on any atom is -0.357 e. The SMILES string of the molecule is CCNC(=NCC(=O)NC1CC1)NC1CN(C(C)C)CC1C.I. The molecular weight excluding hydrogens is 405 g/mol. The van der Waals surface area contributed by atoms with E-state index in [0.29, 0.717) is 24.0 Å². The van der Waals surface area contributed by atoms with Crippen molar-refractivity contribution in [1.82, 2.24) is 20.9 Å². The van der Waals surface area contributed by atoms with E-state index in [1.807, 2.05) is 6.92 Å². The van der Waals surface area contributed by atoms with Crippen LogP contribution in [-0.4, -0.2) is 61.1 Å². The molecule has 2 rings (SSSR count). The minimum atomic E-state index is 0. The first-order chi connectivity index (χ1) is 10.5. The Hall–Kier alpha value is -0.570. The van der Waals surface area contributed by atoms with Gasteiger partial charge in [-0.25, -0.2) is 4.99 Å². The number of carbonyl (C=O) groups excluding carboxylic acids is 1. The molecule has 1 saturated carbocycles. The summed E-state index contributed by atoms with van der Waals surface area (Å²) in [6.45, 7) is 11.9. The second-order valence-electron chi connectivity index (χ2n) is 6.81. The number of aliphatic imine (C=N–C) groups is 1. The zero-order chi connectivity index (χ0) is 16.1. The van der Waals surface area contributed by atoms with E-state index in [9.17, 15) is 4.79 Å². The highest BCUT2D eigenvalue weighted by molar-refractivity contribution is 14.0. The van der Waals surface area contributed by atoms with Crippen molar-refractivity contribution in [2.45, 2.75) is 58.7 Å². The summed E-state index contributed by atoms with van der Waals surface area (Å²) in [6, 6.07) is 1.34. The van der Waals surface area contributed by atoms with E-state index < -0.39 is 0 Å². The minimum absolute atomic E-state index is 0. The molecule has 0 radical (unpaired) electrons. The van der Waals surface area contributed by atoms with Gasteiger partial charge < -0.3 is 16.0 Å². The fourth-order valence-electron chi connectivity index (χ4n) is 2.76. The first-order valence-electron chi connectivity index (χ1n) is 8.57. The Bertz CT molecular complexity index is 411. The van der Waals surface area contributed by atoms with Crippen molar-refractivity contribution in [3.05, 3.63) is 0 Å². The zero-order valence-corrected chi connectivity index (χ0v) is 17.1. The van der Waals surface area contributed by atoms with Crippen LogP contribution in [0.3, 0.4) is 0 Å². The molecular formula is C16H32IN5O. The molecule has 1 heterocycles. The normalized spacial score (nSPS) is 25.2. The molecule has 1 amide bonds. The predicted molar refractivity (Wildman–Crippen MR) is 105 cm³/mol. The molecule has 0 spiro atoms. The van der Waals surface area contributed by atoms with Crippen LogP contribution in [0.25, 0.3) is 0 Å². The lowest BCUT2D eigenvalue weighted by Gasteiger charge is -2.21. The van der Waals surface area contributed by atoms with Crippen LogP contribution in [0.4, 0.5) is 0 Å². The topological polar surface area (TPSA) is 68.8 Å². The molecule has 0 aromatic carbocycles. The number of rotatable bonds is 6. The number of likely N-dealkylation sites (tertiary alicyclic amines) is 1. The van der Waals surface area contributed by atoms with E-state index in [-0.39, 0.29) is 36.4 Å². The number of carbonyl (C=O) groups is 1. The summed E-state index contributed by atoms with van der Waals surface area (Å²) in [5.41, 5.74) is 0. The van der Waals surface area contributed by atoms with Gasteiger partial charge in [0.25, 0.3) is 0 Å². The number of amides is 1. The highest BCUT2D eigenvalue weighted by Gasteiger charge is 2.31. The van der Waals surface area contributed by atoms with E-state index in [2.05, 4.69) is 46.6 Å². The van der Waals surface area contributed by atoms with Gasteiger partial charge in [0.2, 0.25) is 5.91 Å². The van der Waals surface area contributed by atoms with Gasteiger partial charge in [-0.3, -0.25) is 9.69 Å². The second-order valence-corrected chi connectivity index (χ2v) is 6.81. The fraction of sp³-hybridized carbons (Fsp3) is 0.875. The average Bonchev–Trinajstić information content (AvgIpc) is 3.19. The van der Waals surface area contributed by atoms with Crippen LogP contribution in [0.2, 0.25) is 0 Å². The maximum Gasteiger partial charge on any atom is 0.242 e. The van der Waals surface area contributed by atoms with Crippen LogP contribution in [-0.2, 0) is 4.79 Å². The molecule has 1 saturated heterocycles. The fourth-order valence-corrected chi connectivity index (χ4v) is 2.76. The molecule has 3 N–H and O–H groups in total. The third-order valence-electron chi connectivity index (χ3n) is 4.36. The molecule has 134 valence electrons. The van der Waals surface area contributed by atoms with Gasteiger partial charge in [0.15, 0.2) is 5.96 Å². The van der Waals surface area contributed by atoms with Gasteiger partial charge in [0, 0.05) is 37.8 Å². The molecule has 1 aliphatic carbocycles. The Morgan fingerprint density at radius 1 is 1.26 bits per heavy atom. The monoisotopic (exact) mass is 437 g/mol. The summed E-state index contributed by atoms with van der Waals surface area (Å²) in [4.78, 5) is 18.7. The number of guanidine groups is 1. The molecule has 0 aromatic heterocycles. The van der Waals surface area contributed by atoms with E-state index in [4.69, 9.17) is 0 Å². The van der Waals surface area contributed by atoms with Gasteiger partial charge in [-0.05, 0) is 39.5 Å². The molecule has 6 nitrogen and oxygen atoms in total. The van der Waals surface area contributed by atoms with Crippen LogP contribution in [0.15, 0.2) is 4.99 Å². The highest BCUT2D eigenvalue weighted by atomic mass is 127. The predicted octanol–water partition coefficient (Wildman–Crippen LogP) is 1.17. The summed E-state index contributed by atoms with van der Waals surface area (Å²) in [5, 5.41) is 9.70. The van der Waals surface area contributed by atoms with E-state index in [1.165, 1.54) is 0 Å². The Morgan fingerprint density at radius 3 is 2.48 bits per heavy atom. The molecule has 0 aromatic rings. The lowest BCUT2D eigenvalue weighted by molar-refractivity contribution is -0.119. The van der Waals surface area contributed by atoms with Gasteiger partial charge in [-0.2, -0.15) is 0 Å². The number of hydrogen-bond donors (Lipinski definition) is 3. The molecule has 0 bridgehead atoms. The Morgan fingerprint density at radius 2 is 1.96 bits per heavy atom. The average molecular weight is 437 g/mol. The summed E-state index contributed by atoms with van der Waals surface area (Å²) in [6.07, 6.45) is 2.22. The first-order valence-corrected chi connectivity index (χ1v) is 8.57. The van der Waals surface area contributed by atoms with E-state index in [0.717, 1.165) is 38.4 Å². The Labute approximate surface area is 157 Å². The van der Waals surface area contributed by atoms with E-state index >= 15 is 0 Å². The van der Waals surface area contributed by atoms with Gasteiger partial charge in [-0.1, -0.05) is 6.92 Å². The van der Waals surface area contributed by atoms with Crippen molar-refractivity contribution in [2.75, 3.05) is 26.2 Å². The number of nitrogens with zero attached hydrogens (tertiary/aromatic N) is 2. The third kappa shape index (κ3) is 6.82. The summed E-state index contributed by atoms with van der Waals surface area (Å²) in [5.74, 6) is 1.34. The molecule has 2 aliphatic rings. The van der Waals surface area contributed by atoms with Crippen LogP contribution in [0.1, 0.15) is 40.5 Å². The van der Waals surface area contributed by atoms with Crippen molar-refractivity contribution in [1.29, 1.82) is 0 Å². The van der Waals surface area contributed by atoms with Gasteiger partial charge in [0.05, 0.1) is 0 Å². The number of halogens is 1. The highest BCUT2D eigenvalue weighted by Crippen LogP contribution is 2.19. The van der Waals surface area contributed by atoms with Crippen molar-refractivity contribution >= 4 is 35.8 Å². The summed E-state index contributed by atoms with van der Waals surface area (Å²) in [7, 11) is 0. The maximum atomic E-state index is 11.8. The lowest BCUT2D eigenvalue weighted by atomic mass is 10.1. The number of nitrogens with one attached hydrogen (secondary N) is 3. The molecule has 2 atom stereocenters. The van der Waals surface area contributed by atoms with Crippen molar-refractivity contribution in [3.63, 3.8) is 0 Å². The van der Waals surface area contributed by atoms with Crippen molar-refractivity contribution < 1.29 is 4.79 Å². The molecule has 23 heavy (non-hydrogen) atoms. The molecule has 1 aliphatic heterocycles. The standard InChI is InChI=1S/C16H31N5O.HI/c1-5-17-16(18-8-15(22)19-13-6-7-13)20-14-10-21(11(2)3)9-12(14)4;/h11-14H,5-10H2,1-4H3,(H,19,22)(H2,17,18,20);1H. The van der Waals surface area contributed by atoms with Crippen LogP contribution in [0, 0.1) is 5.92 Å². The summed E-state index contributed by atoms with van der Waals surface area (Å²) < 4.78 is 0. The second kappa shape index (κ2) is 9.66. The van der Waals surface area contributed by atoms with Crippen molar-refractivity contribution in [3.8, 4) is 0 Å². The maximum absolute atomic E-state index is 11.8. The summed E-state index contributed by atoms with van der Waals surface area (Å²) >= 11 is 0.